The number of pyridine rings is 1. The largest absolute Gasteiger partial charge is 0.384 e. The number of hydrogen-bond donors (Lipinski definition) is 2. The molecule has 0 amide bonds. The van der Waals surface area contributed by atoms with Crippen LogP contribution in [0.2, 0.25) is 5.15 Å². The van der Waals surface area contributed by atoms with Gasteiger partial charge < -0.3 is 10.4 Å². The van der Waals surface area contributed by atoms with Gasteiger partial charge in [-0.2, -0.15) is 0 Å². The summed E-state index contributed by atoms with van der Waals surface area (Å²) >= 11 is 5.94. The number of rotatable bonds is 4. The van der Waals surface area contributed by atoms with Gasteiger partial charge in [0.15, 0.2) is 0 Å². The highest BCUT2D eigenvalue weighted by Crippen LogP contribution is 2.35. The summed E-state index contributed by atoms with van der Waals surface area (Å²) in [5.74, 6) is 0. The Kier molecular flexibility index (Phi) is 4.48. The highest BCUT2D eigenvalue weighted by Gasteiger charge is 2.34. The number of aliphatic hydroxyl groups is 1. The molecule has 116 valence electrons. The zero-order chi connectivity index (χ0) is 15.6. The molecular weight excluding hydrogens is 296 g/mol. The zero-order valence-electron chi connectivity index (χ0n) is 12.7. The molecule has 1 aliphatic carbocycles. The first kappa shape index (κ1) is 15.5. The van der Waals surface area contributed by atoms with E-state index in [9.17, 15) is 5.11 Å². The summed E-state index contributed by atoms with van der Waals surface area (Å²) in [7, 11) is 0. The molecule has 2 unspecified atom stereocenters. The number of nitrogens with one attached hydrogen (secondary N) is 1. The fourth-order valence-electron chi connectivity index (χ4n) is 3.21. The van der Waals surface area contributed by atoms with Gasteiger partial charge >= 0.3 is 0 Å². The van der Waals surface area contributed by atoms with Crippen LogP contribution in [0.3, 0.4) is 0 Å². The molecule has 1 aliphatic rings. The summed E-state index contributed by atoms with van der Waals surface area (Å²) < 4.78 is 0. The minimum absolute atomic E-state index is 0.110. The lowest BCUT2D eigenvalue weighted by molar-refractivity contribution is 0.0170. The van der Waals surface area contributed by atoms with Crippen LogP contribution in [0.15, 0.2) is 42.6 Å². The third-order valence-electron chi connectivity index (χ3n) is 4.51. The van der Waals surface area contributed by atoms with Crippen LogP contribution in [-0.4, -0.2) is 16.6 Å². The summed E-state index contributed by atoms with van der Waals surface area (Å²) in [5.41, 5.74) is 2.61. The van der Waals surface area contributed by atoms with Crippen molar-refractivity contribution in [2.24, 2.45) is 0 Å². The topological polar surface area (TPSA) is 45.1 Å². The van der Waals surface area contributed by atoms with E-state index in [-0.39, 0.29) is 6.04 Å². The molecule has 2 atom stereocenters. The maximum Gasteiger partial charge on any atom is 0.129 e. The van der Waals surface area contributed by atoms with Crippen LogP contribution in [0.4, 0.5) is 0 Å². The van der Waals surface area contributed by atoms with Crippen LogP contribution in [0.5, 0.6) is 0 Å². The van der Waals surface area contributed by atoms with E-state index in [0.717, 1.165) is 30.4 Å². The Labute approximate surface area is 136 Å². The average molecular weight is 317 g/mol. The minimum atomic E-state index is -0.792. The average Bonchev–Trinajstić information content (AvgIpc) is 2.53. The van der Waals surface area contributed by atoms with Gasteiger partial charge in [0.25, 0.3) is 0 Å². The van der Waals surface area contributed by atoms with Gasteiger partial charge in [0, 0.05) is 18.8 Å². The van der Waals surface area contributed by atoms with Crippen molar-refractivity contribution in [3.63, 3.8) is 0 Å². The van der Waals surface area contributed by atoms with E-state index >= 15 is 0 Å². The summed E-state index contributed by atoms with van der Waals surface area (Å²) in [6, 6.07) is 12.1. The predicted octanol–water partition coefficient (Wildman–Crippen LogP) is 3.61. The quantitative estimate of drug-likeness (QED) is 0.847. The van der Waals surface area contributed by atoms with Gasteiger partial charge in [-0.05, 0) is 55.0 Å². The molecule has 1 aromatic heterocycles. The van der Waals surface area contributed by atoms with E-state index in [1.54, 1.807) is 6.20 Å². The molecule has 2 N–H and O–H groups in total. The van der Waals surface area contributed by atoms with E-state index in [4.69, 9.17) is 11.6 Å². The molecule has 1 heterocycles. The fourth-order valence-corrected chi connectivity index (χ4v) is 3.39. The SMILES string of the molecule is CC(NCC1(O)CCCc2ccccc21)c1ccnc(Cl)c1. The van der Waals surface area contributed by atoms with Crippen LogP contribution < -0.4 is 5.32 Å². The number of aromatic nitrogens is 1. The Bertz CT molecular complexity index is 661. The number of fused-ring (bicyclic) bond motifs is 1. The molecule has 0 saturated heterocycles. The molecule has 0 bridgehead atoms. The van der Waals surface area contributed by atoms with Crippen molar-refractivity contribution in [3.8, 4) is 0 Å². The fraction of sp³-hybridized carbons (Fsp3) is 0.389. The Morgan fingerprint density at radius 1 is 1.36 bits per heavy atom. The zero-order valence-corrected chi connectivity index (χ0v) is 13.5. The molecule has 2 aromatic rings. The number of nitrogens with zero attached hydrogens (tertiary/aromatic N) is 1. The van der Waals surface area contributed by atoms with Crippen molar-refractivity contribution in [2.45, 2.75) is 37.8 Å². The maximum absolute atomic E-state index is 11.1. The molecule has 3 nitrogen and oxygen atoms in total. The van der Waals surface area contributed by atoms with Crippen molar-refractivity contribution in [3.05, 3.63) is 64.4 Å². The van der Waals surface area contributed by atoms with E-state index in [0.29, 0.717) is 11.7 Å². The van der Waals surface area contributed by atoms with E-state index in [1.165, 1.54) is 5.56 Å². The summed E-state index contributed by atoms with van der Waals surface area (Å²) in [6.45, 7) is 2.61. The van der Waals surface area contributed by atoms with E-state index < -0.39 is 5.60 Å². The molecule has 22 heavy (non-hydrogen) atoms. The van der Waals surface area contributed by atoms with Crippen LogP contribution in [-0.2, 0) is 12.0 Å². The molecule has 3 rings (SSSR count). The Morgan fingerprint density at radius 3 is 3.00 bits per heavy atom. The van der Waals surface area contributed by atoms with Crippen molar-refractivity contribution < 1.29 is 5.11 Å². The number of aryl methyl sites for hydroxylation is 1. The lowest BCUT2D eigenvalue weighted by Crippen LogP contribution is -2.41. The second-order valence-electron chi connectivity index (χ2n) is 6.06. The smallest absolute Gasteiger partial charge is 0.129 e. The molecule has 0 spiro atoms. The Balaban J connectivity index is 1.74. The van der Waals surface area contributed by atoms with Crippen LogP contribution in [0, 0.1) is 0 Å². The first-order valence-corrected chi connectivity index (χ1v) is 8.12. The van der Waals surface area contributed by atoms with Gasteiger partial charge in [-0.1, -0.05) is 35.9 Å². The molecule has 1 aromatic carbocycles. The highest BCUT2D eigenvalue weighted by atomic mass is 35.5. The van der Waals surface area contributed by atoms with Gasteiger partial charge in [0.1, 0.15) is 10.8 Å². The third kappa shape index (κ3) is 3.17. The molecule has 0 aliphatic heterocycles. The van der Waals surface area contributed by atoms with Gasteiger partial charge in [0.05, 0.1) is 0 Å². The Hall–Kier alpha value is -1.42. The Morgan fingerprint density at radius 2 is 2.18 bits per heavy atom. The van der Waals surface area contributed by atoms with Crippen LogP contribution >= 0.6 is 11.6 Å². The van der Waals surface area contributed by atoms with Crippen LogP contribution in [0.25, 0.3) is 0 Å². The van der Waals surface area contributed by atoms with Gasteiger partial charge in [0.2, 0.25) is 0 Å². The van der Waals surface area contributed by atoms with Crippen molar-refractivity contribution in [1.82, 2.24) is 10.3 Å². The second kappa shape index (κ2) is 6.37. The highest BCUT2D eigenvalue weighted by molar-refractivity contribution is 6.29. The number of hydrogen-bond acceptors (Lipinski definition) is 3. The summed E-state index contributed by atoms with van der Waals surface area (Å²) in [6.07, 6.45) is 4.57. The molecule has 0 fully saturated rings. The van der Waals surface area contributed by atoms with E-state index in [1.807, 2.05) is 30.3 Å². The first-order valence-electron chi connectivity index (χ1n) is 7.74. The molecule has 4 heteroatoms. The first-order chi connectivity index (χ1) is 10.6. The monoisotopic (exact) mass is 316 g/mol. The van der Waals surface area contributed by atoms with Crippen LogP contribution in [0.1, 0.15) is 42.5 Å². The van der Waals surface area contributed by atoms with Crippen molar-refractivity contribution in [1.29, 1.82) is 0 Å². The maximum atomic E-state index is 11.1. The third-order valence-corrected chi connectivity index (χ3v) is 4.71. The van der Waals surface area contributed by atoms with Gasteiger partial charge in [-0.25, -0.2) is 4.98 Å². The number of benzene rings is 1. The summed E-state index contributed by atoms with van der Waals surface area (Å²) in [5, 5.41) is 15.0. The lowest BCUT2D eigenvalue weighted by atomic mass is 9.79. The lowest BCUT2D eigenvalue weighted by Gasteiger charge is -2.35. The molecular formula is C18H21ClN2O. The normalized spacial score (nSPS) is 22.1. The van der Waals surface area contributed by atoms with Crippen molar-refractivity contribution >= 4 is 11.6 Å². The molecule has 0 saturated carbocycles. The second-order valence-corrected chi connectivity index (χ2v) is 6.44. The minimum Gasteiger partial charge on any atom is -0.384 e. The van der Waals surface area contributed by atoms with E-state index in [2.05, 4.69) is 23.3 Å². The van der Waals surface area contributed by atoms with Gasteiger partial charge in [-0.3, -0.25) is 0 Å². The summed E-state index contributed by atoms with van der Waals surface area (Å²) in [4.78, 5) is 4.00. The predicted molar refractivity (Wildman–Crippen MR) is 88.9 cm³/mol. The van der Waals surface area contributed by atoms with Crippen molar-refractivity contribution in [2.75, 3.05) is 6.54 Å². The van der Waals surface area contributed by atoms with Gasteiger partial charge in [-0.15, -0.1) is 0 Å². The standard InChI is InChI=1S/C18H21ClN2O/c1-13(15-8-10-20-17(19)11-15)21-12-18(22)9-4-6-14-5-2-3-7-16(14)18/h2-3,5,7-8,10-11,13,21-22H,4,6,9,12H2,1H3. The molecule has 0 radical (unpaired) electrons. The number of halogens is 1.